The maximum Gasteiger partial charge on any atom is 0.271 e. The number of hydrogen-bond acceptors (Lipinski definition) is 3. The quantitative estimate of drug-likeness (QED) is 0.912. The van der Waals surface area contributed by atoms with Crippen LogP contribution in [0.5, 0.6) is 0 Å². The second-order valence-corrected chi connectivity index (χ2v) is 4.56. The van der Waals surface area contributed by atoms with Gasteiger partial charge in [-0.15, -0.1) is 0 Å². The number of rotatable bonds is 4. The maximum atomic E-state index is 11.9. The van der Waals surface area contributed by atoms with Gasteiger partial charge in [0.15, 0.2) is 0 Å². The lowest BCUT2D eigenvalue weighted by molar-refractivity contribution is 0.0946. The fourth-order valence-electron chi connectivity index (χ4n) is 1.75. The summed E-state index contributed by atoms with van der Waals surface area (Å²) in [5.74, 6) is 0.0823. The largest absolute Gasteiger partial charge is 0.350 e. The number of carbonyl (C=O) groups excluding carboxylic acids is 1. The van der Waals surface area contributed by atoms with Crippen LogP contribution in [0.4, 0.5) is 0 Å². The zero-order chi connectivity index (χ0) is 13.7. The van der Waals surface area contributed by atoms with Gasteiger partial charge in [-0.3, -0.25) is 9.78 Å². The standard InChI is InChI=1S/C15H17N3O/c1-11(13-6-4-3-5-7-13)8-18-15(19)14-10-16-12(2)9-17-14/h3-7,9-11H,8H2,1-2H3,(H,18,19)/t11-/m0/s1. The molecule has 0 aliphatic carbocycles. The van der Waals surface area contributed by atoms with Crippen molar-refractivity contribution in [2.24, 2.45) is 0 Å². The Bertz CT molecular complexity index is 537. The molecule has 0 spiro atoms. The fourth-order valence-corrected chi connectivity index (χ4v) is 1.75. The summed E-state index contributed by atoms with van der Waals surface area (Å²) < 4.78 is 0. The molecule has 0 radical (unpaired) electrons. The number of aryl methyl sites for hydroxylation is 1. The highest BCUT2D eigenvalue weighted by Crippen LogP contribution is 2.13. The van der Waals surface area contributed by atoms with Gasteiger partial charge in [0.05, 0.1) is 11.9 Å². The monoisotopic (exact) mass is 255 g/mol. The summed E-state index contributed by atoms with van der Waals surface area (Å²) in [6.07, 6.45) is 3.09. The molecule has 1 aromatic carbocycles. The molecule has 0 unspecified atom stereocenters. The molecule has 0 fully saturated rings. The Balaban J connectivity index is 1.92. The van der Waals surface area contributed by atoms with Gasteiger partial charge in [0, 0.05) is 12.7 Å². The van der Waals surface area contributed by atoms with E-state index in [1.165, 1.54) is 11.8 Å². The molecule has 1 aromatic heterocycles. The van der Waals surface area contributed by atoms with Crippen molar-refractivity contribution in [1.82, 2.24) is 15.3 Å². The lowest BCUT2D eigenvalue weighted by Crippen LogP contribution is -2.28. The van der Waals surface area contributed by atoms with Gasteiger partial charge < -0.3 is 5.32 Å². The minimum atomic E-state index is -0.185. The van der Waals surface area contributed by atoms with Crippen molar-refractivity contribution < 1.29 is 4.79 Å². The van der Waals surface area contributed by atoms with Crippen LogP contribution in [-0.2, 0) is 0 Å². The van der Waals surface area contributed by atoms with Crippen molar-refractivity contribution in [2.75, 3.05) is 6.54 Å². The predicted molar refractivity (Wildman–Crippen MR) is 74.0 cm³/mol. The van der Waals surface area contributed by atoms with Crippen LogP contribution in [0, 0.1) is 6.92 Å². The van der Waals surface area contributed by atoms with Crippen LogP contribution in [-0.4, -0.2) is 22.4 Å². The third-order valence-electron chi connectivity index (χ3n) is 2.95. The van der Waals surface area contributed by atoms with Crippen LogP contribution in [0.3, 0.4) is 0 Å². The third-order valence-corrected chi connectivity index (χ3v) is 2.95. The summed E-state index contributed by atoms with van der Waals surface area (Å²) in [5, 5.41) is 2.88. The van der Waals surface area contributed by atoms with Crippen molar-refractivity contribution >= 4 is 5.91 Å². The van der Waals surface area contributed by atoms with Gasteiger partial charge in [0.2, 0.25) is 0 Å². The lowest BCUT2D eigenvalue weighted by Gasteiger charge is -2.12. The number of nitrogens with one attached hydrogen (secondary N) is 1. The average Bonchev–Trinajstić information content (AvgIpc) is 2.46. The van der Waals surface area contributed by atoms with Crippen LogP contribution in [0.1, 0.15) is 34.6 Å². The molecule has 19 heavy (non-hydrogen) atoms. The summed E-state index contributed by atoms with van der Waals surface area (Å²) in [6, 6.07) is 10.1. The summed E-state index contributed by atoms with van der Waals surface area (Å²) in [7, 11) is 0. The molecule has 98 valence electrons. The molecule has 4 nitrogen and oxygen atoms in total. The third kappa shape index (κ3) is 3.61. The van der Waals surface area contributed by atoms with E-state index in [0.717, 1.165) is 5.69 Å². The van der Waals surface area contributed by atoms with Crippen LogP contribution >= 0.6 is 0 Å². The number of hydrogen-bond donors (Lipinski definition) is 1. The summed E-state index contributed by atoms with van der Waals surface area (Å²) >= 11 is 0. The van der Waals surface area contributed by atoms with E-state index in [0.29, 0.717) is 12.2 Å². The van der Waals surface area contributed by atoms with Gasteiger partial charge in [0.25, 0.3) is 5.91 Å². The highest BCUT2D eigenvalue weighted by Gasteiger charge is 2.10. The molecule has 1 heterocycles. The van der Waals surface area contributed by atoms with E-state index < -0.39 is 0 Å². The van der Waals surface area contributed by atoms with Crippen molar-refractivity contribution in [3.8, 4) is 0 Å². The predicted octanol–water partition coefficient (Wildman–Crippen LogP) is 2.32. The molecule has 0 saturated heterocycles. The molecule has 4 heteroatoms. The molecule has 0 aliphatic rings. The number of benzene rings is 1. The lowest BCUT2D eigenvalue weighted by atomic mass is 10.0. The van der Waals surface area contributed by atoms with Crippen molar-refractivity contribution in [2.45, 2.75) is 19.8 Å². The first-order valence-corrected chi connectivity index (χ1v) is 6.28. The summed E-state index contributed by atoms with van der Waals surface area (Å²) in [6.45, 7) is 4.50. The molecule has 1 atom stereocenters. The van der Waals surface area contributed by atoms with Crippen molar-refractivity contribution in [3.05, 3.63) is 59.7 Å². The first kappa shape index (κ1) is 13.2. The molecular weight excluding hydrogens is 238 g/mol. The first-order chi connectivity index (χ1) is 9.16. The van der Waals surface area contributed by atoms with Gasteiger partial charge in [0.1, 0.15) is 5.69 Å². The van der Waals surface area contributed by atoms with Crippen molar-refractivity contribution in [1.29, 1.82) is 0 Å². The topological polar surface area (TPSA) is 54.9 Å². The van der Waals surface area contributed by atoms with Crippen LogP contribution < -0.4 is 5.32 Å². The van der Waals surface area contributed by atoms with E-state index in [1.807, 2.05) is 25.1 Å². The minimum absolute atomic E-state index is 0.185. The van der Waals surface area contributed by atoms with Gasteiger partial charge in [-0.05, 0) is 18.4 Å². The normalized spacial score (nSPS) is 11.9. The van der Waals surface area contributed by atoms with Gasteiger partial charge in [-0.25, -0.2) is 4.98 Å². The second-order valence-electron chi connectivity index (χ2n) is 4.56. The number of aromatic nitrogens is 2. The molecule has 0 aliphatic heterocycles. The highest BCUT2D eigenvalue weighted by molar-refractivity contribution is 5.91. The molecule has 0 bridgehead atoms. The number of carbonyl (C=O) groups is 1. The smallest absolute Gasteiger partial charge is 0.271 e. The zero-order valence-electron chi connectivity index (χ0n) is 11.1. The minimum Gasteiger partial charge on any atom is -0.350 e. The van der Waals surface area contributed by atoms with E-state index in [9.17, 15) is 4.79 Å². The second kappa shape index (κ2) is 6.09. The van der Waals surface area contributed by atoms with Gasteiger partial charge in [-0.2, -0.15) is 0 Å². The molecule has 0 saturated carbocycles. The Hall–Kier alpha value is -2.23. The molecule has 1 N–H and O–H groups in total. The SMILES string of the molecule is Cc1cnc(C(=O)NC[C@H](C)c2ccccc2)cn1. The Morgan fingerprint density at radius 1 is 1.21 bits per heavy atom. The van der Waals surface area contributed by atoms with E-state index in [4.69, 9.17) is 0 Å². The van der Waals surface area contributed by atoms with E-state index in [1.54, 1.807) is 6.20 Å². The summed E-state index contributed by atoms with van der Waals surface area (Å²) in [5.41, 5.74) is 2.36. The maximum absolute atomic E-state index is 11.9. The Labute approximate surface area is 112 Å². The Morgan fingerprint density at radius 2 is 1.95 bits per heavy atom. The zero-order valence-corrected chi connectivity index (χ0v) is 11.1. The highest BCUT2D eigenvalue weighted by atomic mass is 16.1. The van der Waals surface area contributed by atoms with E-state index in [-0.39, 0.29) is 11.8 Å². The van der Waals surface area contributed by atoms with Gasteiger partial charge >= 0.3 is 0 Å². The average molecular weight is 255 g/mol. The fraction of sp³-hybridized carbons (Fsp3) is 0.267. The Kier molecular flexibility index (Phi) is 4.23. The van der Waals surface area contributed by atoms with E-state index in [2.05, 4.69) is 34.3 Å². The van der Waals surface area contributed by atoms with Crippen LogP contribution in [0.15, 0.2) is 42.7 Å². The van der Waals surface area contributed by atoms with Crippen LogP contribution in [0.25, 0.3) is 0 Å². The van der Waals surface area contributed by atoms with Gasteiger partial charge in [-0.1, -0.05) is 37.3 Å². The molecular formula is C15H17N3O. The molecule has 1 amide bonds. The Morgan fingerprint density at radius 3 is 2.58 bits per heavy atom. The molecule has 2 aromatic rings. The first-order valence-electron chi connectivity index (χ1n) is 6.28. The molecule has 2 rings (SSSR count). The number of amides is 1. The number of nitrogens with zero attached hydrogens (tertiary/aromatic N) is 2. The van der Waals surface area contributed by atoms with Crippen molar-refractivity contribution in [3.63, 3.8) is 0 Å². The van der Waals surface area contributed by atoms with E-state index >= 15 is 0 Å². The summed E-state index contributed by atoms with van der Waals surface area (Å²) in [4.78, 5) is 20.0. The van der Waals surface area contributed by atoms with Crippen LogP contribution in [0.2, 0.25) is 0 Å².